The molecule has 4 N–H and O–H groups in total. The van der Waals surface area contributed by atoms with Gasteiger partial charge in [-0.2, -0.15) is 4.98 Å². The number of hydrogen-bond acceptors (Lipinski definition) is 10. The molecule has 1 aromatic carbocycles. The van der Waals surface area contributed by atoms with Crippen molar-refractivity contribution in [2.45, 2.75) is 32.4 Å². The normalized spacial score (nSPS) is 15.7. The lowest BCUT2D eigenvalue weighted by atomic mass is 10.1. The number of carbonyl (C=O) groups is 1. The van der Waals surface area contributed by atoms with Crippen LogP contribution in [0.25, 0.3) is 0 Å². The molecular formula is C27H36N8O3. The molecule has 0 saturated carbocycles. The van der Waals surface area contributed by atoms with Crippen LogP contribution in [0, 0.1) is 0 Å². The van der Waals surface area contributed by atoms with Crippen molar-refractivity contribution in [1.82, 2.24) is 25.2 Å². The third kappa shape index (κ3) is 6.29. The number of aliphatic hydroxyl groups is 1. The number of methoxy groups -OCH3 is 1. The summed E-state index contributed by atoms with van der Waals surface area (Å²) >= 11 is 0. The van der Waals surface area contributed by atoms with Crippen molar-refractivity contribution < 1.29 is 14.6 Å². The van der Waals surface area contributed by atoms with Crippen LogP contribution >= 0.6 is 0 Å². The number of benzene rings is 1. The van der Waals surface area contributed by atoms with Gasteiger partial charge in [-0.05, 0) is 45.0 Å². The maximum Gasteiger partial charge on any atom is 0.258 e. The molecule has 1 amide bonds. The van der Waals surface area contributed by atoms with Crippen LogP contribution in [0.4, 0.5) is 29.0 Å². The minimum absolute atomic E-state index is 0.256. The molecule has 0 bridgehead atoms. The van der Waals surface area contributed by atoms with E-state index in [-0.39, 0.29) is 11.5 Å². The Bertz CT molecular complexity index is 1290. The Morgan fingerprint density at radius 2 is 2.00 bits per heavy atom. The van der Waals surface area contributed by atoms with Gasteiger partial charge in [0.15, 0.2) is 0 Å². The van der Waals surface area contributed by atoms with Gasteiger partial charge < -0.3 is 35.6 Å². The number of anilines is 5. The molecular weight excluding hydrogens is 484 g/mol. The molecule has 1 atom stereocenters. The van der Waals surface area contributed by atoms with Gasteiger partial charge in [-0.1, -0.05) is 6.07 Å². The van der Waals surface area contributed by atoms with Gasteiger partial charge in [0.25, 0.3) is 5.91 Å². The molecule has 38 heavy (non-hydrogen) atoms. The van der Waals surface area contributed by atoms with Crippen LogP contribution in [0.2, 0.25) is 0 Å². The van der Waals surface area contributed by atoms with E-state index >= 15 is 0 Å². The fourth-order valence-electron chi connectivity index (χ4n) is 4.20. The molecule has 4 rings (SSSR count). The molecule has 0 spiro atoms. The summed E-state index contributed by atoms with van der Waals surface area (Å²) in [5, 5.41) is 20.2. The molecule has 1 aliphatic rings. The van der Waals surface area contributed by atoms with Gasteiger partial charge in [0.05, 0.1) is 18.5 Å². The monoisotopic (exact) mass is 520 g/mol. The van der Waals surface area contributed by atoms with Crippen LogP contribution in [0.3, 0.4) is 0 Å². The van der Waals surface area contributed by atoms with Gasteiger partial charge in [-0.15, -0.1) is 0 Å². The number of pyridine rings is 1. The molecule has 1 aliphatic heterocycles. The van der Waals surface area contributed by atoms with Crippen molar-refractivity contribution in [3.8, 4) is 5.75 Å². The van der Waals surface area contributed by atoms with E-state index in [1.807, 2.05) is 18.2 Å². The third-order valence-electron chi connectivity index (χ3n) is 6.19. The molecule has 0 radical (unpaired) electrons. The average Bonchev–Trinajstić information content (AvgIpc) is 2.88. The molecule has 202 valence electrons. The summed E-state index contributed by atoms with van der Waals surface area (Å²) in [6, 6.07) is 11.5. The topological polar surface area (TPSA) is 128 Å². The zero-order valence-electron chi connectivity index (χ0n) is 22.7. The van der Waals surface area contributed by atoms with Gasteiger partial charge in [0, 0.05) is 57.7 Å². The summed E-state index contributed by atoms with van der Waals surface area (Å²) in [7, 11) is 4.99. The second-order valence-electron chi connectivity index (χ2n) is 10.1. The second-order valence-corrected chi connectivity index (χ2v) is 10.1. The fourth-order valence-corrected chi connectivity index (χ4v) is 4.20. The molecule has 1 saturated heterocycles. The average molecular weight is 521 g/mol. The van der Waals surface area contributed by atoms with Crippen LogP contribution in [-0.4, -0.2) is 77.7 Å². The first-order valence-electron chi connectivity index (χ1n) is 12.5. The highest BCUT2D eigenvalue weighted by Gasteiger charge is 2.22. The molecule has 2 aromatic heterocycles. The number of carbonyl (C=O) groups excluding carboxylic acids is 1. The van der Waals surface area contributed by atoms with Crippen molar-refractivity contribution in [2.24, 2.45) is 0 Å². The Balaban J connectivity index is 1.63. The summed E-state index contributed by atoms with van der Waals surface area (Å²) in [6.07, 6.45) is 1.48. The lowest BCUT2D eigenvalue weighted by molar-refractivity contribution is 0.0739. The molecule has 3 aromatic rings. The second kappa shape index (κ2) is 11.2. The van der Waals surface area contributed by atoms with Crippen LogP contribution in [0.1, 0.15) is 36.8 Å². The SMILES string of the molecule is COc1cc(Nc2ncc(C(=O)N(C)C)c(Nc3cccc(C(C)(C)O)n3)n2)ccc1N1CCN[C@H](C)C1. The van der Waals surface area contributed by atoms with Crippen molar-refractivity contribution in [3.63, 3.8) is 0 Å². The molecule has 11 nitrogen and oxygen atoms in total. The van der Waals surface area contributed by atoms with Crippen LogP contribution in [0.15, 0.2) is 42.6 Å². The molecule has 11 heteroatoms. The van der Waals surface area contributed by atoms with Crippen molar-refractivity contribution in [2.75, 3.05) is 56.4 Å². The number of amides is 1. The number of ether oxygens (including phenoxy) is 1. The van der Waals surface area contributed by atoms with E-state index in [0.717, 1.165) is 36.8 Å². The minimum Gasteiger partial charge on any atom is -0.495 e. The van der Waals surface area contributed by atoms with Crippen molar-refractivity contribution >= 4 is 34.9 Å². The van der Waals surface area contributed by atoms with Crippen molar-refractivity contribution in [1.29, 1.82) is 0 Å². The number of hydrogen-bond donors (Lipinski definition) is 4. The van der Waals surface area contributed by atoms with Crippen molar-refractivity contribution in [3.05, 3.63) is 53.9 Å². The Morgan fingerprint density at radius 3 is 2.68 bits per heavy atom. The summed E-state index contributed by atoms with van der Waals surface area (Å²) in [5.74, 6) is 1.52. The van der Waals surface area contributed by atoms with Crippen LogP contribution in [0.5, 0.6) is 5.75 Å². The first kappa shape index (κ1) is 27.1. The fraction of sp³-hybridized carbons (Fsp3) is 0.407. The summed E-state index contributed by atoms with van der Waals surface area (Å²) in [5.41, 5.74) is 1.43. The quantitative estimate of drug-likeness (QED) is 0.352. The Kier molecular flexibility index (Phi) is 7.98. The number of nitrogens with zero attached hydrogens (tertiary/aromatic N) is 5. The number of piperazine rings is 1. The van der Waals surface area contributed by atoms with Crippen LogP contribution in [-0.2, 0) is 5.60 Å². The molecule has 3 heterocycles. The lowest BCUT2D eigenvalue weighted by Crippen LogP contribution is -2.49. The van der Waals surface area contributed by atoms with Gasteiger partial charge in [0.2, 0.25) is 5.95 Å². The Labute approximate surface area is 223 Å². The summed E-state index contributed by atoms with van der Waals surface area (Å²) in [6.45, 7) is 8.20. The predicted molar refractivity (Wildman–Crippen MR) is 149 cm³/mol. The largest absolute Gasteiger partial charge is 0.495 e. The number of nitrogens with one attached hydrogen (secondary N) is 3. The zero-order chi connectivity index (χ0) is 27.4. The van der Waals surface area contributed by atoms with Gasteiger partial charge in [-0.3, -0.25) is 4.79 Å². The zero-order valence-corrected chi connectivity index (χ0v) is 22.7. The molecule has 0 unspecified atom stereocenters. The van der Waals surface area contributed by atoms with E-state index in [0.29, 0.717) is 29.3 Å². The van der Waals surface area contributed by atoms with Gasteiger partial charge >= 0.3 is 0 Å². The Morgan fingerprint density at radius 1 is 1.21 bits per heavy atom. The highest BCUT2D eigenvalue weighted by molar-refractivity contribution is 5.99. The third-order valence-corrected chi connectivity index (χ3v) is 6.19. The first-order chi connectivity index (χ1) is 18.0. The molecule has 0 aliphatic carbocycles. The van der Waals surface area contributed by atoms with E-state index in [4.69, 9.17) is 4.74 Å². The standard InChI is InChI=1S/C27H36N8O3/c1-17-16-35(13-12-28-17)20-11-10-18(14-21(20)38-6)30-26-29-15-19(25(36)34(4)5)24(33-26)32-23-9-7-8-22(31-23)27(2,3)37/h7-11,14-15,17,28,37H,12-13,16H2,1-6H3,(H2,29,30,31,32,33)/t17-/m1/s1. The Hall–Kier alpha value is -3.96. The highest BCUT2D eigenvalue weighted by Crippen LogP contribution is 2.33. The highest BCUT2D eigenvalue weighted by atomic mass is 16.5. The first-order valence-corrected chi connectivity index (χ1v) is 12.5. The summed E-state index contributed by atoms with van der Waals surface area (Å²) < 4.78 is 5.70. The van der Waals surface area contributed by atoms with Crippen LogP contribution < -0.4 is 25.6 Å². The van der Waals surface area contributed by atoms with E-state index < -0.39 is 5.60 Å². The van der Waals surface area contributed by atoms with Gasteiger partial charge in [0.1, 0.15) is 28.5 Å². The molecule has 1 fully saturated rings. The van der Waals surface area contributed by atoms with E-state index in [1.54, 1.807) is 53.3 Å². The van der Waals surface area contributed by atoms with Gasteiger partial charge in [-0.25, -0.2) is 9.97 Å². The maximum atomic E-state index is 12.8. The summed E-state index contributed by atoms with van der Waals surface area (Å²) in [4.78, 5) is 30.1. The maximum absolute atomic E-state index is 12.8. The minimum atomic E-state index is -1.12. The van der Waals surface area contributed by atoms with E-state index in [2.05, 4.69) is 42.7 Å². The number of rotatable bonds is 8. The smallest absolute Gasteiger partial charge is 0.258 e. The van der Waals surface area contributed by atoms with E-state index in [1.165, 1.54) is 11.1 Å². The predicted octanol–water partition coefficient (Wildman–Crippen LogP) is 3.09. The lowest BCUT2D eigenvalue weighted by Gasteiger charge is -2.34. The van der Waals surface area contributed by atoms with E-state index in [9.17, 15) is 9.90 Å². The number of aromatic nitrogens is 3.